The number of aromatic nitrogens is 1. The van der Waals surface area contributed by atoms with Gasteiger partial charge in [0, 0.05) is 17.2 Å². The Bertz CT molecular complexity index is 933. The van der Waals surface area contributed by atoms with E-state index >= 15 is 0 Å². The number of alkyl halides is 6. The molecule has 1 aromatic rings. The van der Waals surface area contributed by atoms with Crippen LogP contribution < -0.4 is 5.32 Å². The molecule has 0 saturated carbocycles. The normalized spacial score (nSPS) is 22.6. The van der Waals surface area contributed by atoms with Gasteiger partial charge in [-0.3, -0.25) is 20.2 Å². The molecule has 1 aliphatic rings. The third kappa shape index (κ3) is 3.81. The number of nitro groups is 2. The number of nitrogens with zero attached hydrogens (tertiary/aromatic N) is 3. The number of halogens is 8. The molecule has 2 atom stereocenters. The van der Waals surface area contributed by atoms with Gasteiger partial charge in [0.1, 0.15) is 10.9 Å². The number of hydrogen-bond acceptors (Lipinski definition) is 6. The third-order valence-electron chi connectivity index (χ3n) is 3.86. The molecule has 16 heteroatoms. The molecule has 8 nitrogen and oxygen atoms in total. The first-order valence-corrected chi connectivity index (χ1v) is 7.82. The van der Waals surface area contributed by atoms with Crippen LogP contribution in [-0.4, -0.2) is 32.6 Å². The van der Waals surface area contributed by atoms with Crippen molar-refractivity contribution in [1.82, 2.24) is 4.98 Å². The highest BCUT2D eigenvalue weighted by atomic mass is 35.5. The molecule has 0 aromatic carbocycles. The van der Waals surface area contributed by atoms with E-state index in [1.807, 2.05) is 0 Å². The van der Waals surface area contributed by atoms with Gasteiger partial charge < -0.3 is 5.32 Å². The first-order valence-electron chi connectivity index (χ1n) is 7.06. The third-order valence-corrected chi connectivity index (χ3v) is 4.56. The second-order valence-electron chi connectivity index (χ2n) is 5.51. The summed E-state index contributed by atoms with van der Waals surface area (Å²) < 4.78 is 79.3. The lowest BCUT2D eigenvalue weighted by atomic mass is 9.83. The van der Waals surface area contributed by atoms with Gasteiger partial charge in [0.25, 0.3) is 5.70 Å². The van der Waals surface area contributed by atoms with Crippen LogP contribution in [-0.2, 0) is 6.18 Å². The molecule has 0 fully saturated rings. The Morgan fingerprint density at radius 1 is 1.10 bits per heavy atom. The first kappa shape index (κ1) is 22.7. The van der Waals surface area contributed by atoms with Crippen molar-refractivity contribution < 1.29 is 36.2 Å². The Hall–Kier alpha value is -2.61. The Morgan fingerprint density at radius 2 is 1.69 bits per heavy atom. The molecule has 0 radical (unpaired) electrons. The van der Waals surface area contributed by atoms with Gasteiger partial charge in [0.15, 0.2) is 0 Å². The molecule has 0 aliphatic heterocycles. The summed E-state index contributed by atoms with van der Waals surface area (Å²) in [5.74, 6) is -0.890. The predicted octanol–water partition coefficient (Wildman–Crippen LogP) is 4.41. The molecule has 29 heavy (non-hydrogen) atoms. The molecule has 2 unspecified atom stereocenters. The van der Waals surface area contributed by atoms with Crippen molar-refractivity contribution in [1.29, 1.82) is 0 Å². The fourth-order valence-corrected chi connectivity index (χ4v) is 3.08. The summed E-state index contributed by atoms with van der Waals surface area (Å²) in [5.41, 5.74) is -6.92. The predicted molar refractivity (Wildman–Crippen MR) is 86.5 cm³/mol. The highest BCUT2D eigenvalue weighted by Gasteiger charge is 2.76. The fourth-order valence-electron chi connectivity index (χ4n) is 2.51. The van der Waals surface area contributed by atoms with E-state index in [1.165, 1.54) is 0 Å². The van der Waals surface area contributed by atoms with Crippen LogP contribution in [0.25, 0.3) is 0 Å². The maximum atomic E-state index is 13.7. The highest BCUT2D eigenvalue weighted by molar-refractivity contribution is 6.33. The van der Waals surface area contributed by atoms with Gasteiger partial charge in [-0.1, -0.05) is 23.2 Å². The molecule has 158 valence electrons. The van der Waals surface area contributed by atoms with Crippen molar-refractivity contribution >= 4 is 29.0 Å². The van der Waals surface area contributed by atoms with Gasteiger partial charge in [-0.05, 0) is 12.1 Å². The van der Waals surface area contributed by atoms with Crippen molar-refractivity contribution in [3.05, 3.63) is 66.0 Å². The van der Waals surface area contributed by atoms with E-state index in [-0.39, 0.29) is 12.3 Å². The molecule has 0 amide bonds. The summed E-state index contributed by atoms with van der Waals surface area (Å²) in [5, 5.41) is 22.1. The van der Waals surface area contributed by atoms with Gasteiger partial charge in [-0.2, -0.15) is 26.3 Å². The maximum Gasteiger partial charge on any atom is 0.469 e. The van der Waals surface area contributed by atoms with Crippen molar-refractivity contribution in [2.75, 3.05) is 5.32 Å². The lowest BCUT2D eigenvalue weighted by Gasteiger charge is -2.34. The standard InChI is InChI=1S/C13H6Cl2F6N4O4/c14-6-3-5(12(16,17)18)4-22-10(6)23-9-7(24(26)27)1-2-8(15)11(9,25(28)29)13(19,20)21/h1-4,9H,(H,22,23). The zero-order chi connectivity index (χ0) is 22.4. The van der Waals surface area contributed by atoms with Crippen LogP contribution >= 0.6 is 23.2 Å². The molecule has 0 bridgehead atoms. The average molecular weight is 467 g/mol. The van der Waals surface area contributed by atoms with Gasteiger partial charge in [-0.25, -0.2) is 4.98 Å². The Kier molecular flexibility index (Phi) is 5.73. The number of allylic oxidation sites excluding steroid dienone is 2. The van der Waals surface area contributed by atoms with E-state index in [9.17, 15) is 46.6 Å². The monoisotopic (exact) mass is 466 g/mol. The molecule has 1 aromatic heterocycles. The zero-order valence-electron chi connectivity index (χ0n) is 13.4. The number of anilines is 1. The fraction of sp³-hybridized carbons (Fsp3) is 0.308. The Balaban J connectivity index is 2.68. The quantitative estimate of drug-likeness (QED) is 0.399. The van der Waals surface area contributed by atoms with Crippen LogP contribution in [0.2, 0.25) is 5.02 Å². The Morgan fingerprint density at radius 3 is 2.10 bits per heavy atom. The smallest absolute Gasteiger partial charge is 0.350 e. The van der Waals surface area contributed by atoms with E-state index in [4.69, 9.17) is 23.2 Å². The summed E-state index contributed by atoms with van der Waals surface area (Å²) in [4.78, 5) is 22.6. The summed E-state index contributed by atoms with van der Waals surface area (Å²) in [6, 6.07) is -2.51. The van der Waals surface area contributed by atoms with Gasteiger partial charge in [0.2, 0.25) is 6.04 Å². The summed E-state index contributed by atoms with van der Waals surface area (Å²) in [6.45, 7) is 0. The van der Waals surface area contributed by atoms with Crippen molar-refractivity contribution in [3.63, 3.8) is 0 Å². The van der Waals surface area contributed by atoms with E-state index in [0.717, 1.165) is 0 Å². The molecule has 1 aliphatic carbocycles. The van der Waals surface area contributed by atoms with Gasteiger partial charge >= 0.3 is 17.9 Å². The van der Waals surface area contributed by atoms with Crippen LogP contribution in [0.15, 0.2) is 35.1 Å². The molecule has 1 heterocycles. The molecular weight excluding hydrogens is 461 g/mol. The zero-order valence-corrected chi connectivity index (χ0v) is 14.9. The van der Waals surface area contributed by atoms with Crippen LogP contribution in [0.3, 0.4) is 0 Å². The van der Waals surface area contributed by atoms with Crippen molar-refractivity contribution in [2.24, 2.45) is 0 Å². The summed E-state index contributed by atoms with van der Waals surface area (Å²) in [7, 11) is 0. The van der Waals surface area contributed by atoms with E-state index in [0.29, 0.717) is 12.2 Å². The highest BCUT2D eigenvalue weighted by Crippen LogP contribution is 2.48. The van der Waals surface area contributed by atoms with Gasteiger partial charge in [0.05, 0.1) is 15.5 Å². The number of nitrogens with one attached hydrogen (secondary N) is 1. The second kappa shape index (κ2) is 7.33. The molecule has 0 spiro atoms. The number of pyridine rings is 1. The van der Waals surface area contributed by atoms with Gasteiger partial charge in [-0.15, -0.1) is 0 Å². The van der Waals surface area contributed by atoms with E-state index in [2.05, 4.69) is 4.98 Å². The molecule has 2 rings (SSSR count). The second-order valence-corrected chi connectivity index (χ2v) is 6.33. The number of hydrogen-bond donors (Lipinski definition) is 1. The lowest BCUT2D eigenvalue weighted by molar-refractivity contribution is -0.605. The summed E-state index contributed by atoms with van der Waals surface area (Å²) in [6.07, 6.45) is -9.63. The SMILES string of the molecule is O=[N+]([O-])C1=CC=C(Cl)C([N+](=O)[O-])(C(F)(F)F)C1Nc1ncc(C(F)(F)F)cc1Cl. The maximum absolute atomic E-state index is 13.7. The number of rotatable bonds is 4. The Labute approximate surface area is 166 Å². The van der Waals surface area contributed by atoms with Crippen LogP contribution in [0.4, 0.5) is 32.2 Å². The van der Waals surface area contributed by atoms with Crippen LogP contribution in [0.5, 0.6) is 0 Å². The summed E-state index contributed by atoms with van der Waals surface area (Å²) >= 11 is 11.1. The van der Waals surface area contributed by atoms with Crippen LogP contribution in [0.1, 0.15) is 5.56 Å². The van der Waals surface area contributed by atoms with E-state index < -0.39 is 60.9 Å². The van der Waals surface area contributed by atoms with Crippen molar-refractivity contribution in [2.45, 2.75) is 23.9 Å². The largest absolute Gasteiger partial charge is 0.469 e. The average Bonchev–Trinajstić information content (AvgIpc) is 2.54. The molecule has 0 saturated heterocycles. The molecular formula is C13H6Cl2F6N4O4. The first-order chi connectivity index (χ1) is 13.1. The van der Waals surface area contributed by atoms with Crippen LogP contribution in [0, 0.1) is 20.2 Å². The topological polar surface area (TPSA) is 111 Å². The minimum absolute atomic E-state index is 0.186. The minimum atomic E-state index is -5.75. The minimum Gasteiger partial charge on any atom is -0.350 e. The van der Waals surface area contributed by atoms with E-state index in [1.54, 1.807) is 5.32 Å². The lowest BCUT2D eigenvalue weighted by Crippen LogP contribution is -2.65. The van der Waals surface area contributed by atoms with Crippen molar-refractivity contribution in [3.8, 4) is 0 Å². The molecule has 1 N–H and O–H groups in total.